The third-order valence-corrected chi connectivity index (χ3v) is 4.85. The third kappa shape index (κ3) is 4.56. The van der Waals surface area contributed by atoms with E-state index in [1.54, 1.807) is 12.1 Å². The zero-order valence-electron chi connectivity index (χ0n) is 11.4. The molecule has 0 aliphatic carbocycles. The highest BCUT2D eigenvalue weighted by Crippen LogP contribution is 2.26. The van der Waals surface area contributed by atoms with Gasteiger partial charge in [0, 0.05) is 15.0 Å². The summed E-state index contributed by atoms with van der Waals surface area (Å²) in [6.07, 6.45) is 0.768. The highest BCUT2D eigenvalue weighted by atomic mass is 79.9. The average molecular weight is 432 g/mol. The summed E-state index contributed by atoms with van der Waals surface area (Å²) in [5.41, 5.74) is 1.65. The van der Waals surface area contributed by atoms with Gasteiger partial charge in [-0.15, -0.1) is 0 Å². The molecule has 0 heterocycles. The molecule has 1 amide bonds. The zero-order chi connectivity index (χ0) is 15.4. The predicted octanol–water partition coefficient (Wildman–Crippen LogP) is 5.23. The molecule has 0 aromatic heterocycles. The van der Waals surface area contributed by atoms with Crippen LogP contribution in [0.15, 0.2) is 51.4 Å². The van der Waals surface area contributed by atoms with Gasteiger partial charge in [-0.3, -0.25) is 4.79 Å². The Morgan fingerprint density at radius 2 is 1.86 bits per heavy atom. The maximum absolute atomic E-state index is 12.2. The first-order chi connectivity index (χ1) is 9.97. The highest BCUT2D eigenvalue weighted by molar-refractivity contribution is 9.10. The van der Waals surface area contributed by atoms with Gasteiger partial charge in [0.15, 0.2) is 0 Å². The van der Waals surface area contributed by atoms with Gasteiger partial charge in [-0.05, 0) is 59.1 Å². The fourth-order valence-corrected chi connectivity index (χ4v) is 2.85. The summed E-state index contributed by atoms with van der Waals surface area (Å²) < 4.78 is 1.77. The molecule has 0 spiro atoms. The van der Waals surface area contributed by atoms with Gasteiger partial charge in [-0.2, -0.15) is 0 Å². The molecular weight excluding hydrogens is 417 g/mol. The van der Waals surface area contributed by atoms with Gasteiger partial charge in [-0.1, -0.05) is 45.7 Å². The molecule has 5 heteroatoms. The summed E-state index contributed by atoms with van der Waals surface area (Å²) in [4.78, 5) is 12.2. The summed E-state index contributed by atoms with van der Waals surface area (Å²) in [5.74, 6) is -0.161. The normalized spacial score (nSPS) is 12.0. The maximum Gasteiger partial charge on any atom is 0.253 e. The van der Waals surface area contributed by atoms with Gasteiger partial charge >= 0.3 is 0 Å². The molecule has 1 unspecified atom stereocenters. The Labute approximate surface area is 146 Å². The summed E-state index contributed by atoms with van der Waals surface area (Å²) >= 11 is 12.9. The molecular formula is C16H14Br2ClNO. The Morgan fingerprint density at radius 3 is 2.52 bits per heavy atom. The second-order valence-corrected chi connectivity index (χ2v) is 6.95. The first-order valence-electron chi connectivity index (χ1n) is 6.46. The van der Waals surface area contributed by atoms with E-state index >= 15 is 0 Å². The number of carbonyl (C=O) groups excluding carboxylic acids is 1. The Hall–Kier alpha value is -0.840. The smallest absolute Gasteiger partial charge is 0.253 e. The van der Waals surface area contributed by atoms with Crippen LogP contribution in [0.3, 0.4) is 0 Å². The Kier molecular flexibility index (Phi) is 5.85. The van der Waals surface area contributed by atoms with Crippen molar-refractivity contribution in [3.8, 4) is 0 Å². The quantitative estimate of drug-likeness (QED) is 0.706. The topological polar surface area (TPSA) is 29.1 Å². The average Bonchev–Trinajstić information content (AvgIpc) is 2.44. The molecule has 0 radical (unpaired) electrons. The number of amides is 1. The van der Waals surface area contributed by atoms with Gasteiger partial charge in [0.1, 0.15) is 0 Å². The van der Waals surface area contributed by atoms with Crippen LogP contribution < -0.4 is 5.32 Å². The van der Waals surface area contributed by atoms with Crippen LogP contribution in [0.4, 0.5) is 0 Å². The van der Waals surface area contributed by atoms with E-state index < -0.39 is 0 Å². The maximum atomic E-state index is 12.2. The molecule has 2 rings (SSSR count). The van der Waals surface area contributed by atoms with Crippen molar-refractivity contribution in [2.24, 2.45) is 0 Å². The molecule has 2 nitrogen and oxygen atoms in total. The van der Waals surface area contributed by atoms with Gasteiger partial charge < -0.3 is 5.32 Å². The Balaban J connectivity index is 2.02. The van der Waals surface area contributed by atoms with E-state index in [9.17, 15) is 4.79 Å². The lowest BCUT2D eigenvalue weighted by atomic mass is 10.1. The van der Waals surface area contributed by atoms with E-state index in [0.717, 1.165) is 15.4 Å². The molecule has 2 aromatic rings. The van der Waals surface area contributed by atoms with E-state index in [2.05, 4.69) is 37.2 Å². The van der Waals surface area contributed by atoms with Crippen LogP contribution >= 0.6 is 43.5 Å². The Bertz CT molecular complexity index is 643. The van der Waals surface area contributed by atoms with E-state index in [1.165, 1.54) is 5.56 Å². The molecule has 1 N–H and O–H groups in total. The van der Waals surface area contributed by atoms with Crippen LogP contribution in [0.5, 0.6) is 0 Å². The highest BCUT2D eigenvalue weighted by Gasteiger charge is 2.14. The van der Waals surface area contributed by atoms with Crippen molar-refractivity contribution in [1.29, 1.82) is 0 Å². The number of carbonyl (C=O) groups is 1. The van der Waals surface area contributed by atoms with E-state index in [1.807, 2.05) is 37.3 Å². The van der Waals surface area contributed by atoms with Gasteiger partial charge in [0.2, 0.25) is 0 Å². The summed E-state index contributed by atoms with van der Waals surface area (Å²) in [6.45, 7) is 1.98. The third-order valence-electron chi connectivity index (χ3n) is 3.03. The lowest BCUT2D eigenvalue weighted by Crippen LogP contribution is -2.34. The number of halogens is 3. The van der Waals surface area contributed by atoms with Gasteiger partial charge in [0.05, 0.1) is 10.6 Å². The van der Waals surface area contributed by atoms with Crippen molar-refractivity contribution in [2.45, 2.75) is 19.4 Å². The van der Waals surface area contributed by atoms with Gasteiger partial charge in [0.25, 0.3) is 5.91 Å². The van der Waals surface area contributed by atoms with E-state index in [0.29, 0.717) is 10.6 Å². The lowest BCUT2D eigenvalue weighted by molar-refractivity contribution is 0.0940. The molecule has 0 saturated carbocycles. The standard InChI is InChI=1S/C16H14Br2ClNO/c1-10(9-11-5-7-12(17)8-6-11)20-16(21)13-3-2-4-14(18)15(13)19/h2-8,10H,9H2,1H3,(H,20,21). The van der Waals surface area contributed by atoms with Crippen molar-refractivity contribution < 1.29 is 4.79 Å². The molecule has 0 aliphatic heterocycles. The molecule has 0 bridgehead atoms. The zero-order valence-corrected chi connectivity index (χ0v) is 15.3. The van der Waals surface area contributed by atoms with Crippen LogP contribution in [0.1, 0.15) is 22.8 Å². The minimum absolute atomic E-state index is 0.0220. The summed E-state index contributed by atoms with van der Waals surface area (Å²) in [7, 11) is 0. The molecule has 0 saturated heterocycles. The first kappa shape index (κ1) is 16.5. The fourth-order valence-electron chi connectivity index (χ4n) is 2.01. The molecule has 21 heavy (non-hydrogen) atoms. The minimum Gasteiger partial charge on any atom is -0.349 e. The molecule has 110 valence electrons. The molecule has 1 atom stereocenters. The van der Waals surface area contributed by atoms with Crippen molar-refractivity contribution in [2.75, 3.05) is 0 Å². The number of hydrogen-bond acceptors (Lipinski definition) is 1. The monoisotopic (exact) mass is 429 g/mol. The van der Waals surface area contributed by atoms with Gasteiger partial charge in [-0.25, -0.2) is 0 Å². The van der Waals surface area contributed by atoms with Crippen LogP contribution in [-0.4, -0.2) is 11.9 Å². The van der Waals surface area contributed by atoms with Crippen LogP contribution in [-0.2, 0) is 6.42 Å². The lowest BCUT2D eigenvalue weighted by Gasteiger charge is -2.15. The molecule has 0 fully saturated rings. The van der Waals surface area contributed by atoms with Crippen molar-refractivity contribution in [3.63, 3.8) is 0 Å². The fraction of sp³-hybridized carbons (Fsp3) is 0.188. The predicted molar refractivity (Wildman–Crippen MR) is 93.9 cm³/mol. The van der Waals surface area contributed by atoms with Crippen LogP contribution in [0, 0.1) is 0 Å². The Morgan fingerprint density at radius 1 is 1.19 bits per heavy atom. The van der Waals surface area contributed by atoms with Crippen molar-refractivity contribution in [3.05, 3.63) is 67.6 Å². The van der Waals surface area contributed by atoms with Crippen LogP contribution in [0.2, 0.25) is 5.02 Å². The second kappa shape index (κ2) is 7.43. The SMILES string of the molecule is CC(Cc1ccc(Br)cc1)NC(=O)c1cccc(Br)c1Cl. The number of hydrogen-bond donors (Lipinski definition) is 1. The first-order valence-corrected chi connectivity index (χ1v) is 8.43. The molecule has 2 aromatic carbocycles. The summed E-state index contributed by atoms with van der Waals surface area (Å²) in [6, 6.07) is 13.4. The molecule has 0 aliphatic rings. The van der Waals surface area contributed by atoms with Crippen molar-refractivity contribution in [1.82, 2.24) is 5.32 Å². The van der Waals surface area contributed by atoms with E-state index in [4.69, 9.17) is 11.6 Å². The second-order valence-electron chi connectivity index (χ2n) is 4.81. The van der Waals surface area contributed by atoms with Crippen molar-refractivity contribution >= 4 is 49.4 Å². The number of nitrogens with one attached hydrogen (secondary N) is 1. The van der Waals surface area contributed by atoms with Crippen LogP contribution in [0.25, 0.3) is 0 Å². The minimum atomic E-state index is -0.161. The van der Waals surface area contributed by atoms with E-state index in [-0.39, 0.29) is 11.9 Å². The number of benzene rings is 2. The largest absolute Gasteiger partial charge is 0.349 e. The number of rotatable bonds is 4. The summed E-state index contributed by atoms with van der Waals surface area (Å²) in [5, 5.41) is 3.41.